The third-order valence-electron chi connectivity index (χ3n) is 3.53. The summed E-state index contributed by atoms with van der Waals surface area (Å²) in [6.07, 6.45) is 2.05. The predicted molar refractivity (Wildman–Crippen MR) is 79.4 cm³/mol. The van der Waals surface area contributed by atoms with Crippen molar-refractivity contribution >= 4 is 0 Å². The van der Waals surface area contributed by atoms with Gasteiger partial charge in [-0.1, -0.05) is 29.8 Å². The molecule has 0 saturated heterocycles. The molecule has 0 radical (unpaired) electrons. The first kappa shape index (κ1) is 13.8. The average molecular weight is 257 g/mol. The van der Waals surface area contributed by atoms with Gasteiger partial charge in [-0.05, 0) is 38.9 Å². The van der Waals surface area contributed by atoms with Crippen molar-refractivity contribution in [2.75, 3.05) is 7.05 Å². The smallest absolute Gasteiger partial charge is 0.0596 e. The van der Waals surface area contributed by atoms with Gasteiger partial charge in [0.1, 0.15) is 0 Å². The molecule has 0 amide bonds. The minimum Gasteiger partial charge on any atom is -0.316 e. The fourth-order valence-corrected chi connectivity index (χ4v) is 2.51. The number of hydrogen-bond donors (Lipinski definition) is 1. The Morgan fingerprint density at radius 1 is 1.21 bits per heavy atom. The third kappa shape index (κ3) is 3.67. The highest BCUT2D eigenvalue weighted by atomic mass is 15.3. The van der Waals surface area contributed by atoms with Crippen molar-refractivity contribution in [2.45, 2.75) is 32.7 Å². The number of hydrogen-bond acceptors (Lipinski definition) is 2. The SMILES string of the molecule is CNC(Cc1cccc(C)c1)Cc1cc(C)nn1C. The fourth-order valence-electron chi connectivity index (χ4n) is 2.51. The van der Waals surface area contributed by atoms with Gasteiger partial charge in [0.25, 0.3) is 0 Å². The first-order valence-electron chi connectivity index (χ1n) is 6.81. The van der Waals surface area contributed by atoms with E-state index in [1.54, 1.807) is 0 Å². The predicted octanol–water partition coefficient (Wildman–Crippen LogP) is 2.41. The summed E-state index contributed by atoms with van der Waals surface area (Å²) < 4.78 is 1.98. The summed E-state index contributed by atoms with van der Waals surface area (Å²) >= 11 is 0. The Balaban J connectivity index is 2.06. The molecule has 102 valence electrons. The van der Waals surface area contributed by atoms with Crippen molar-refractivity contribution in [3.05, 3.63) is 52.8 Å². The van der Waals surface area contributed by atoms with Gasteiger partial charge in [-0.2, -0.15) is 5.10 Å². The molecule has 1 heterocycles. The molecule has 3 heteroatoms. The molecule has 19 heavy (non-hydrogen) atoms. The number of rotatable bonds is 5. The molecular weight excluding hydrogens is 234 g/mol. The van der Waals surface area contributed by atoms with Gasteiger partial charge < -0.3 is 5.32 Å². The van der Waals surface area contributed by atoms with Crippen LogP contribution in [-0.2, 0) is 19.9 Å². The molecule has 0 spiro atoms. The molecule has 0 aliphatic heterocycles. The zero-order chi connectivity index (χ0) is 13.8. The zero-order valence-electron chi connectivity index (χ0n) is 12.3. The van der Waals surface area contributed by atoms with Crippen molar-refractivity contribution in [3.63, 3.8) is 0 Å². The molecule has 0 bridgehead atoms. The maximum atomic E-state index is 4.41. The lowest BCUT2D eigenvalue weighted by Gasteiger charge is -2.16. The lowest BCUT2D eigenvalue weighted by molar-refractivity contribution is 0.533. The second kappa shape index (κ2) is 6.02. The number of nitrogens with zero attached hydrogens (tertiary/aromatic N) is 2. The van der Waals surface area contributed by atoms with E-state index < -0.39 is 0 Å². The second-order valence-corrected chi connectivity index (χ2v) is 5.28. The Labute approximate surface area is 115 Å². The lowest BCUT2D eigenvalue weighted by Crippen LogP contribution is -2.30. The van der Waals surface area contributed by atoms with Crippen molar-refractivity contribution in [1.29, 1.82) is 0 Å². The van der Waals surface area contributed by atoms with Crippen molar-refractivity contribution in [3.8, 4) is 0 Å². The summed E-state index contributed by atoms with van der Waals surface area (Å²) in [5.41, 5.74) is 5.08. The molecule has 1 atom stereocenters. The van der Waals surface area contributed by atoms with E-state index in [-0.39, 0.29) is 0 Å². The van der Waals surface area contributed by atoms with Crippen LogP contribution >= 0.6 is 0 Å². The molecule has 2 rings (SSSR count). The molecule has 0 aliphatic carbocycles. The summed E-state index contributed by atoms with van der Waals surface area (Å²) in [7, 11) is 4.05. The van der Waals surface area contributed by atoms with E-state index in [0.29, 0.717) is 6.04 Å². The average Bonchev–Trinajstić information content (AvgIpc) is 2.67. The van der Waals surface area contributed by atoms with E-state index in [1.165, 1.54) is 16.8 Å². The van der Waals surface area contributed by atoms with Crippen LogP contribution in [-0.4, -0.2) is 22.9 Å². The normalized spacial score (nSPS) is 12.6. The standard InChI is InChI=1S/C16H23N3/c1-12-6-5-7-14(8-12)10-15(17-3)11-16-9-13(2)18-19(16)4/h5-9,15,17H,10-11H2,1-4H3. The van der Waals surface area contributed by atoms with E-state index in [4.69, 9.17) is 0 Å². The molecule has 2 aromatic rings. The first-order chi connectivity index (χ1) is 9.08. The Kier molecular flexibility index (Phi) is 4.38. The molecule has 1 N–H and O–H groups in total. The summed E-state index contributed by atoms with van der Waals surface area (Å²) in [6.45, 7) is 4.18. The van der Waals surface area contributed by atoms with Crippen molar-refractivity contribution < 1.29 is 0 Å². The molecule has 0 saturated carbocycles. The van der Waals surface area contributed by atoms with Gasteiger partial charge in [0.05, 0.1) is 5.69 Å². The number of aryl methyl sites for hydroxylation is 3. The van der Waals surface area contributed by atoms with Gasteiger partial charge in [0, 0.05) is 25.2 Å². The highest BCUT2D eigenvalue weighted by Crippen LogP contribution is 2.11. The Morgan fingerprint density at radius 2 is 2.00 bits per heavy atom. The van der Waals surface area contributed by atoms with Crippen LogP contribution in [0.25, 0.3) is 0 Å². The number of aromatic nitrogens is 2. The maximum absolute atomic E-state index is 4.41. The van der Waals surface area contributed by atoms with Crippen molar-refractivity contribution in [2.24, 2.45) is 7.05 Å². The molecular formula is C16H23N3. The van der Waals surface area contributed by atoms with E-state index in [0.717, 1.165) is 18.5 Å². The highest BCUT2D eigenvalue weighted by Gasteiger charge is 2.11. The van der Waals surface area contributed by atoms with E-state index >= 15 is 0 Å². The third-order valence-corrected chi connectivity index (χ3v) is 3.53. The van der Waals surface area contributed by atoms with Gasteiger partial charge in [0.2, 0.25) is 0 Å². The Bertz CT molecular complexity index is 543. The summed E-state index contributed by atoms with van der Waals surface area (Å²) in [5, 5.41) is 7.82. The van der Waals surface area contributed by atoms with Crippen LogP contribution in [0.3, 0.4) is 0 Å². The molecule has 1 unspecified atom stereocenters. The van der Waals surface area contributed by atoms with Crippen LogP contribution in [0, 0.1) is 13.8 Å². The van der Waals surface area contributed by atoms with Gasteiger partial charge >= 0.3 is 0 Å². The summed E-state index contributed by atoms with van der Waals surface area (Å²) in [5.74, 6) is 0. The van der Waals surface area contributed by atoms with Crippen LogP contribution < -0.4 is 5.32 Å². The van der Waals surface area contributed by atoms with Crippen LogP contribution in [0.2, 0.25) is 0 Å². The van der Waals surface area contributed by atoms with Crippen LogP contribution in [0.1, 0.15) is 22.5 Å². The Morgan fingerprint density at radius 3 is 2.58 bits per heavy atom. The van der Waals surface area contributed by atoms with Gasteiger partial charge in [-0.3, -0.25) is 4.68 Å². The summed E-state index contributed by atoms with van der Waals surface area (Å²) in [6, 6.07) is 11.3. The van der Waals surface area contributed by atoms with E-state index in [2.05, 4.69) is 47.7 Å². The number of likely N-dealkylation sites (N-methyl/N-ethyl adjacent to an activating group) is 1. The van der Waals surface area contributed by atoms with Gasteiger partial charge in [0.15, 0.2) is 0 Å². The second-order valence-electron chi connectivity index (χ2n) is 5.28. The number of nitrogens with one attached hydrogen (secondary N) is 1. The highest BCUT2D eigenvalue weighted by molar-refractivity contribution is 5.23. The topological polar surface area (TPSA) is 29.9 Å². The van der Waals surface area contributed by atoms with Crippen molar-refractivity contribution in [1.82, 2.24) is 15.1 Å². The van der Waals surface area contributed by atoms with E-state index in [1.807, 2.05) is 25.7 Å². The molecule has 3 nitrogen and oxygen atoms in total. The van der Waals surface area contributed by atoms with Crippen LogP contribution in [0.15, 0.2) is 30.3 Å². The molecule has 0 fully saturated rings. The largest absolute Gasteiger partial charge is 0.316 e. The van der Waals surface area contributed by atoms with Gasteiger partial charge in [-0.25, -0.2) is 0 Å². The number of benzene rings is 1. The van der Waals surface area contributed by atoms with E-state index in [9.17, 15) is 0 Å². The molecule has 1 aromatic heterocycles. The van der Waals surface area contributed by atoms with Crippen LogP contribution in [0.4, 0.5) is 0 Å². The monoisotopic (exact) mass is 257 g/mol. The Hall–Kier alpha value is -1.61. The summed E-state index contributed by atoms with van der Waals surface area (Å²) in [4.78, 5) is 0. The van der Waals surface area contributed by atoms with Crippen LogP contribution in [0.5, 0.6) is 0 Å². The zero-order valence-corrected chi connectivity index (χ0v) is 12.3. The minimum absolute atomic E-state index is 0.441. The maximum Gasteiger partial charge on any atom is 0.0596 e. The van der Waals surface area contributed by atoms with Gasteiger partial charge in [-0.15, -0.1) is 0 Å². The molecule has 0 aliphatic rings. The quantitative estimate of drug-likeness (QED) is 0.891. The molecule has 1 aromatic carbocycles. The first-order valence-corrected chi connectivity index (χ1v) is 6.81. The lowest BCUT2D eigenvalue weighted by atomic mass is 10.0. The fraction of sp³-hybridized carbons (Fsp3) is 0.438. The minimum atomic E-state index is 0.441.